The molecule has 0 aliphatic heterocycles. The van der Waals surface area contributed by atoms with Gasteiger partial charge in [0.05, 0.1) is 11.0 Å². The molecule has 10 aromatic rings. The monoisotopic (exact) mass is 700 g/mol. The smallest absolute Gasteiger partial charge is 0.164 e. The maximum atomic E-state index is 6.62. The van der Waals surface area contributed by atoms with E-state index in [1.807, 2.05) is 30.3 Å². The maximum absolute atomic E-state index is 6.62. The van der Waals surface area contributed by atoms with E-state index >= 15 is 0 Å². The quantitative estimate of drug-likeness (QED) is 0.260. The van der Waals surface area contributed by atoms with Crippen LogP contribution in [0.3, 0.4) is 0 Å². The molecule has 0 unspecified atom stereocenters. The third-order valence-corrected chi connectivity index (χ3v) is 11.7. The maximum Gasteiger partial charge on any atom is 0.164 e. The van der Waals surface area contributed by atoms with Gasteiger partial charge < -0.3 is 8.98 Å². The summed E-state index contributed by atoms with van der Waals surface area (Å²) in [4.78, 5) is 15.1. The Labute approximate surface area is 323 Å². The third kappa shape index (κ3) is 5.35. The highest BCUT2D eigenvalue weighted by Crippen LogP contribution is 2.36. The first-order chi connectivity index (χ1) is 26.8. The lowest BCUT2D eigenvalue weighted by atomic mass is 9.59. The number of hydrogen-bond acceptors (Lipinski definition) is 4. The summed E-state index contributed by atoms with van der Waals surface area (Å²) in [6.07, 6.45) is 0. The molecule has 0 atom stereocenters. The van der Waals surface area contributed by atoms with Crippen LogP contribution in [-0.2, 0) is 0 Å². The van der Waals surface area contributed by atoms with Gasteiger partial charge in [0.1, 0.15) is 50.4 Å². The first kappa shape index (κ1) is 33.1. The van der Waals surface area contributed by atoms with Gasteiger partial charge >= 0.3 is 0 Å². The minimum absolute atomic E-state index is 0.595. The van der Waals surface area contributed by atoms with Gasteiger partial charge in [0.25, 0.3) is 0 Å². The van der Waals surface area contributed by atoms with Crippen molar-refractivity contribution in [2.45, 2.75) is 0 Å². The molecule has 0 aliphatic rings. The number of rotatable bonds is 5. The fourth-order valence-electron chi connectivity index (χ4n) is 8.31. The Morgan fingerprint density at radius 3 is 1.45 bits per heavy atom. The first-order valence-corrected chi connectivity index (χ1v) is 18.8. The van der Waals surface area contributed by atoms with Crippen molar-refractivity contribution in [2.75, 3.05) is 0 Å². The van der Waals surface area contributed by atoms with Gasteiger partial charge in [0, 0.05) is 50.0 Å². The summed E-state index contributed by atoms with van der Waals surface area (Å²) < 4.78 is 8.94. The summed E-state index contributed by atoms with van der Waals surface area (Å²) in [6.45, 7) is 0. The van der Waals surface area contributed by atoms with Crippen molar-refractivity contribution in [1.82, 2.24) is 19.5 Å². The highest BCUT2D eigenvalue weighted by molar-refractivity contribution is 6.68. The van der Waals surface area contributed by atoms with E-state index in [9.17, 15) is 0 Å². The van der Waals surface area contributed by atoms with E-state index in [-0.39, 0.29) is 0 Å². The van der Waals surface area contributed by atoms with Gasteiger partial charge in [0.2, 0.25) is 0 Å². The largest absolute Gasteiger partial charge is 0.456 e. The molecule has 0 aliphatic carbocycles. The Morgan fingerprint density at radius 1 is 0.382 bits per heavy atom. The summed E-state index contributed by atoms with van der Waals surface area (Å²) in [5.74, 6) is 1.85. The summed E-state index contributed by atoms with van der Waals surface area (Å²) in [5, 5.41) is 4.58. The molecule has 5 nitrogen and oxygen atoms in total. The van der Waals surface area contributed by atoms with Gasteiger partial charge in [-0.15, -0.1) is 16.4 Å². The molecule has 7 aromatic carbocycles. The van der Waals surface area contributed by atoms with Crippen LogP contribution in [0.5, 0.6) is 0 Å². The van der Waals surface area contributed by atoms with Gasteiger partial charge in [-0.05, 0) is 47.5 Å². The van der Waals surface area contributed by atoms with Gasteiger partial charge in [-0.3, -0.25) is 0 Å². The fourth-order valence-corrected chi connectivity index (χ4v) is 8.31. The van der Waals surface area contributed by atoms with Crippen molar-refractivity contribution in [3.8, 4) is 51.0 Å². The number of nitrogens with zero attached hydrogens (tertiary/aromatic N) is 4. The van der Waals surface area contributed by atoms with Crippen LogP contribution < -0.4 is 27.3 Å². The van der Waals surface area contributed by atoms with Gasteiger partial charge in [-0.1, -0.05) is 108 Å². The highest BCUT2D eigenvalue weighted by Gasteiger charge is 2.18. The molecule has 0 spiro atoms. The van der Waals surface area contributed by atoms with Gasteiger partial charge in [-0.2, -0.15) is 0 Å². The second kappa shape index (κ2) is 12.8. The van der Waals surface area contributed by atoms with E-state index < -0.39 is 0 Å². The predicted molar refractivity (Wildman–Crippen MR) is 244 cm³/mol. The zero-order chi connectivity index (χ0) is 37.4. The molecule has 254 valence electrons. The van der Waals surface area contributed by atoms with Crippen LogP contribution in [0.25, 0.3) is 94.7 Å². The number of aromatic nitrogens is 4. The normalized spacial score (nSPS) is 11.6. The van der Waals surface area contributed by atoms with E-state index in [4.69, 9.17) is 19.4 Å². The number of hydrogen-bond donors (Lipinski definition) is 0. The average molecular weight is 700 g/mol. The standard InChI is InChI=1S/C45H33B5N4O/c46-38-37(39(47)41(49)42(50)40(38)48)24-14-16-26(17-15-24)44-51-43(25-8-2-1-3-9-25)52-45(53-44)27-18-20-31-32-21-19-28(23-36(32)55-35(31)22-27)54-33-12-6-4-10-29(33)30-11-5-7-13-34(30)54/h1-23H,46-50H2. The molecular weight excluding hydrogens is 667 g/mol. The van der Waals surface area contributed by atoms with Gasteiger partial charge in [0.15, 0.2) is 17.5 Å². The molecule has 55 heavy (non-hydrogen) atoms. The van der Waals surface area contributed by atoms with E-state index in [1.54, 1.807) is 0 Å². The highest BCUT2D eigenvalue weighted by atomic mass is 16.3. The van der Waals surface area contributed by atoms with Gasteiger partial charge in [-0.25, -0.2) is 15.0 Å². The summed E-state index contributed by atoms with van der Waals surface area (Å²) in [6, 6.07) is 48.6. The number of furan rings is 1. The van der Waals surface area contributed by atoms with E-state index in [1.165, 1.54) is 60.2 Å². The predicted octanol–water partition coefficient (Wildman–Crippen LogP) is 2.83. The minimum Gasteiger partial charge on any atom is -0.456 e. The Bertz CT molecular complexity index is 3070. The lowest BCUT2D eigenvalue weighted by Crippen LogP contribution is -2.55. The molecule has 0 radical (unpaired) electrons. The first-order valence-electron chi connectivity index (χ1n) is 18.8. The topological polar surface area (TPSA) is 56.7 Å². The Morgan fingerprint density at radius 2 is 0.836 bits per heavy atom. The molecule has 0 saturated carbocycles. The van der Waals surface area contributed by atoms with Crippen LogP contribution in [0.1, 0.15) is 0 Å². The SMILES string of the molecule is Bc1c(B)c(B)c(-c2ccc(-c3nc(-c4ccccc4)nc(-c4ccc5c(c4)oc4cc(-n6c7ccccc7c7ccccc76)ccc45)n3)cc2)c(B)c1B. The average Bonchev–Trinajstić information content (AvgIpc) is 3.77. The van der Waals surface area contributed by atoms with Crippen molar-refractivity contribution < 1.29 is 4.42 Å². The molecule has 0 N–H and O–H groups in total. The lowest BCUT2D eigenvalue weighted by Gasteiger charge is -2.20. The summed E-state index contributed by atoms with van der Waals surface area (Å²) in [7, 11) is 11.1. The molecule has 0 amide bonds. The van der Waals surface area contributed by atoms with Crippen LogP contribution >= 0.6 is 0 Å². The van der Waals surface area contributed by atoms with Crippen molar-refractivity contribution in [1.29, 1.82) is 0 Å². The zero-order valence-corrected chi connectivity index (χ0v) is 31.5. The number of fused-ring (bicyclic) bond motifs is 6. The second-order valence-corrected chi connectivity index (χ2v) is 14.6. The van der Waals surface area contributed by atoms with Crippen molar-refractivity contribution in [2.24, 2.45) is 0 Å². The molecule has 0 saturated heterocycles. The molecule has 0 bridgehead atoms. The fraction of sp³-hybridized carbons (Fsp3) is 0. The van der Waals surface area contributed by atoms with Crippen LogP contribution in [-0.4, -0.2) is 58.8 Å². The molecule has 3 heterocycles. The van der Waals surface area contributed by atoms with E-state index in [2.05, 4.69) is 153 Å². The molecular formula is C45H33B5N4O. The van der Waals surface area contributed by atoms with Crippen molar-refractivity contribution in [3.63, 3.8) is 0 Å². The van der Waals surface area contributed by atoms with E-state index in [0.29, 0.717) is 17.5 Å². The van der Waals surface area contributed by atoms with Crippen LogP contribution in [0.2, 0.25) is 0 Å². The molecule has 3 aromatic heterocycles. The summed E-state index contributed by atoms with van der Waals surface area (Å²) in [5.41, 5.74) is 17.0. The van der Waals surface area contributed by atoms with E-state index in [0.717, 1.165) is 44.3 Å². The van der Waals surface area contributed by atoms with Crippen molar-refractivity contribution in [3.05, 3.63) is 140 Å². The molecule has 0 fully saturated rings. The third-order valence-electron chi connectivity index (χ3n) is 11.7. The summed E-state index contributed by atoms with van der Waals surface area (Å²) >= 11 is 0. The van der Waals surface area contributed by atoms with Crippen molar-refractivity contribution >= 4 is 110 Å². The van der Waals surface area contributed by atoms with Crippen LogP contribution in [0.4, 0.5) is 0 Å². The Balaban J connectivity index is 1.07. The lowest BCUT2D eigenvalue weighted by molar-refractivity contribution is 0.668. The minimum atomic E-state index is 0.595. The zero-order valence-electron chi connectivity index (χ0n) is 31.5. The Kier molecular flexibility index (Phi) is 7.70. The Hall–Kier alpha value is -6.53. The second-order valence-electron chi connectivity index (χ2n) is 14.6. The molecule has 10 rings (SSSR count). The molecule has 10 heteroatoms. The number of benzene rings is 7. The van der Waals surface area contributed by atoms with Crippen LogP contribution in [0.15, 0.2) is 144 Å². The van der Waals surface area contributed by atoms with Crippen LogP contribution in [0, 0.1) is 0 Å². The number of para-hydroxylation sites is 2.